The van der Waals surface area contributed by atoms with Crippen LogP contribution in [0.5, 0.6) is 0 Å². The largest absolute Gasteiger partial charge is 0.456 e. The summed E-state index contributed by atoms with van der Waals surface area (Å²) in [7, 11) is 1.97. The third-order valence-corrected chi connectivity index (χ3v) is 8.39. The van der Waals surface area contributed by atoms with E-state index in [1.54, 1.807) is 6.92 Å². The van der Waals surface area contributed by atoms with Crippen LogP contribution < -0.4 is 10.6 Å². The lowest BCUT2D eigenvalue weighted by Gasteiger charge is -2.25. The van der Waals surface area contributed by atoms with Gasteiger partial charge in [0.15, 0.2) is 11.8 Å². The van der Waals surface area contributed by atoms with Gasteiger partial charge in [-0.2, -0.15) is 0 Å². The molecule has 4 aromatic rings. The predicted octanol–water partition coefficient (Wildman–Crippen LogP) is 6.71. The maximum atomic E-state index is 13.9. The van der Waals surface area contributed by atoms with Crippen LogP contribution in [0, 0.1) is 12.8 Å². The molecule has 244 valence electrons. The quantitative estimate of drug-likeness (QED) is 0.167. The smallest absolute Gasteiger partial charge is 0.408 e. The van der Waals surface area contributed by atoms with Crippen molar-refractivity contribution in [1.29, 1.82) is 0 Å². The summed E-state index contributed by atoms with van der Waals surface area (Å²) < 4.78 is 19.3. The van der Waals surface area contributed by atoms with Crippen LogP contribution in [0.3, 0.4) is 0 Å². The molecule has 0 aliphatic heterocycles. The molecule has 2 heterocycles. The second kappa shape index (κ2) is 15.1. The number of nitrogens with one attached hydrogen (secondary N) is 2. The Labute approximate surface area is 269 Å². The minimum absolute atomic E-state index is 0.0462. The Balaban J connectivity index is 1.38. The van der Waals surface area contributed by atoms with Crippen LogP contribution in [0.1, 0.15) is 91.7 Å². The number of ether oxygens (including phenoxy) is 2. The molecule has 10 heteroatoms. The van der Waals surface area contributed by atoms with Gasteiger partial charge >= 0.3 is 12.1 Å². The van der Waals surface area contributed by atoms with Gasteiger partial charge in [0.05, 0.1) is 0 Å². The standard InChI is InChI=1S/C36H44N4O6/c1-23(2)19-31(46-36(43)37-27-15-9-6-10-16-27)33(41)38-29(20-26-21-40(4)30-18-12-11-17-28(26)30)34-39-32(24(3)45-34)35(42)44-22-25-13-7-5-8-14-25/h5,7-8,11-14,17-18,21,23,27,29,31H,6,9-10,15-16,19-20,22H2,1-4H3,(H,37,43)(H,38,41)/t29-,31+/m1/s1. The summed E-state index contributed by atoms with van der Waals surface area (Å²) >= 11 is 0. The van der Waals surface area contributed by atoms with Gasteiger partial charge in [-0.25, -0.2) is 14.6 Å². The zero-order valence-corrected chi connectivity index (χ0v) is 27.1. The third kappa shape index (κ3) is 8.35. The monoisotopic (exact) mass is 628 g/mol. The Morgan fingerprint density at radius 3 is 2.48 bits per heavy atom. The Kier molecular flexibility index (Phi) is 10.8. The summed E-state index contributed by atoms with van der Waals surface area (Å²) in [6, 6.07) is 16.7. The van der Waals surface area contributed by atoms with Crippen molar-refractivity contribution >= 4 is 28.9 Å². The lowest BCUT2D eigenvalue weighted by molar-refractivity contribution is -0.131. The van der Waals surface area contributed by atoms with Crippen molar-refractivity contribution in [2.24, 2.45) is 13.0 Å². The summed E-state index contributed by atoms with van der Waals surface area (Å²) in [4.78, 5) is 44.3. The molecule has 5 rings (SSSR count). The highest BCUT2D eigenvalue weighted by molar-refractivity contribution is 5.88. The van der Waals surface area contributed by atoms with E-state index < -0.39 is 30.1 Å². The zero-order chi connectivity index (χ0) is 32.6. The first-order chi connectivity index (χ1) is 22.2. The first-order valence-corrected chi connectivity index (χ1v) is 16.2. The van der Waals surface area contributed by atoms with Crippen LogP contribution in [0.15, 0.2) is 65.2 Å². The number of benzene rings is 2. The van der Waals surface area contributed by atoms with E-state index in [4.69, 9.17) is 13.9 Å². The molecule has 2 atom stereocenters. The van der Waals surface area contributed by atoms with E-state index in [0.717, 1.165) is 54.1 Å². The molecule has 1 fully saturated rings. The normalized spacial score (nSPS) is 15.0. The van der Waals surface area contributed by atoms with Gasteiger partial charge in [0.25, 0.3) is 5.91 Å². The number of nitrogens with zero attached hydrogens (tertiary/aromatic N) is 2. The second-order valence-corrected chi connectivity index (χ2v) is 12.6. The summed E-state index contributed by atoms with van der Waals surface area (Å²) in [6.45, 7) is 5.68. The van der Waals surface area contributed by atoms with Crippen molar-refractivity contribution in [3.8, 4) is 0 Å². The number of carbonyl (C=O) groups is 3. The number of aromatic nitrogens is 2. The average Bonchev–Trinajstić information content (AvgIpc) is 3.59. The van der Waals surface area contributed by atoms with Crippen LogP contribution >= 0.6 is 0 Å². The van der Waals surface area contributed by atoms with E-state index in [2.05, 4.69) is 15.6 Å². The van der Waals surface area contributed by atoms with Crippen molar-refractivity contribution in [2.45, 2.75) is 90.5 Å². The van der Waals surface area contributed by atoms with Crippen molar-refractivity contribution in [3.63, 3.8) is 0 Å². The Hall–Kier alpha value is -4.60. The third-order valence-electron chi connectivity index (χ3n) is 8.39. The first kappa shape index (κ1) is 32.8. The highest BCUT2D eigenvalue weighted by Gasteiger charge is 2.31. The van der Waals surface area contributed by atoms with Crippen LogP contribution in [0.4, 0.5) is 4.79 Å². The summed E-state index contributed by atoms with van der Waals surface area (Å²) in [5.74, 6) is -0.536. The van der Waals surface area contributed by atoms with Gasteiger partial charge in [-0.3, -0.25) is 4.79 Å². The molecule has 0 bridgehead atoms. The molecular formula is C36H44N4O6. The van der Waals surface area contributed by atoms with E-state index in [1.807, 2.05) is 86.3 Å². The maximum Gasteiger partial charge on any atom is 0.408 e. The molecule has 0 saturated heterocycles. The molecule has 10 nitrogen and oxygen atoms in total. The minimum Gasteiger partial charge on any atom is -0.456 e. The first-order valence-electron chi connectivity index (χ1n) is 16.2. The second-order valence-electron chi connectivity index (χ2n) is 12.6. The Morgan fingerprint density at radius 1 is 1.02 bits per heavy atom. The summed E-state index contributed by atoms with van der Waals surface area (Å²) in [5.41, 5.74) is 2.90. The predicted molar refractivity (Wildman–Crippen MR) is 174 cm³/mol. The highest BCUT2D eigenvalue weighted by atomic mass is 16.6. The SMILES string of the molecule is Cc1oc([C@@H](Cc2cn(C)c3ccccc23)NC(=O)[C@H](CC(C)C)OC(=O)NC2CCCCC2)nc1C(=O)OCc1ccccc1. The number of esters is 1. The van der Waals surface area contributed by atoms with Crippen LogP contribution in [-0.2, 0) is 34.3 Å². The topological polar surface area (TPSA) is 125 Å². The van der Waals surface area contributed by atoms with Crippen LogP contribution in [0.2, 0.25) is 0 Å². The van der Waals surface area contributed by atoms with E-state index in [0.29, 0.717) is 12.8 Å². The van der Waals surface area contributed by atoms with Gasteiger partial charge in [-0.15, -0.1) is 0 Å². The number of para-hydroxylation sites is 1. The number of carbonyl (C=O) groups excluding carboxylic acids is 3. The van der Waals surface area contributed by atoms with E-state index in [9.17, 15) is 14.4 Å². The van der Waals surface area contributed by atoms with E-state index in [-0.39, 0.29) is 35.9 Å². The number of rotatable bonds is 12. The Bertz CT molecular complexity index is 1640. The molecule has 2 N–H and O–H groups in total. The van der Waals surface area contributed by atoms with Crippen LogP contribution in [-0.4, -0.2) is 39.7 Å². The van der Waals surface area contributed by atoms with Crippen molar-refractivity contribution in [3.05, 3.63) is 89.3 Å². The fraction of sp³-hybridized carbons (Fsp3) is 0.444. The van der Waals surface area contributed by atoms with Gasteiger partial charge in [-0.05, 0) is 49.3 Å². The lowest BCUT2D eigenvalue weighted by atomic mass is 9.96. The van der Waals surface area contributed by atoms with Gasteiger partial charge < -0.3 is 29.1 Å². The molecule has 2 aromatic heterocycles. The number of alkyl carbamates (subject to hydrolysis) is 1. The fourth-order valence-electron chi connectivity index (χ4n) is 6.03. The number of hydrogen-bond acceptors (Lipinski definition) is 7. The van der Waals surface area contributed by atoms with Gasteiger partial charge in [-0.1, -0.05) is 81.6 Å². The number of oxazole rings is 1. The molecule has 2 amide bonds. The molecule has 2 aromatic carbocycles. The lowest BCUT2D eigenvalue weighted by Crippen LogP contribution is -2.44. The number of hydrogen-bond donors (Lipinski definition) is 2. The molecular weight excluding hydrogens is 584 g/mol. The molecule has 0 spiro atoms. The minimum atomic E-state index is -1.02. The fourth-order valence-corrected chi connectivity index (χ4v) is 6.03. The van der Waals surface area contributed by atoms with Crippen molar-refractivity contribution in [1.82, 2.24) is 20.2 Å². The molecule has 1 aliphatic rings. The van der Waals surface area contributed by atoms with E-state index >= 15 is 0 Å². The Morgan fingerprint density at radius 2 is 1.74 bits per heavy atom. The molecule has 1 aliphatic carbocycles. The zero-order valence-electron chi connectivity index (χ0n) is 27.1. The van der Waals surface area contributed by atoms with Crippen molar-refractivity contribution < 1.29 is 28.3 Å². The molecule has 0 radical (unpaired) electrons. The van der Waals surface area contributed by atoms with Crippen LogP contribution in [0.25, 0.3) is 10.9 Å². The van der Waals surface area contributed by atoms with Crippen molar-refractivity contribution in [2.75, 3.05) is 0 Å². The van der Waals surface area contributed by atoms with E-state index in [1.165, 1.54) is 0 Å². The summed E-state index contributed by atoms with van der Waals surface area (Å²) in [6.07, 6.45) is 6.16. The molecule has 46 heavy (non-hydrogen) atoms. The average molecular weight is 629 g/mol. The number of amides is 2. The number of aryl methyl sites for hydroxylation is 2. The number of fused-ring (bicyclic) bond motifs is 1. The molecule has 1 saturated carbocycles. The van der Waals surface area contributed by atoms with Gasteiger partial charge in [0, 0.05) is 36.6 Å². The summed E-state index contributed by atoms with van der Waals surface area (Å²) in [5, 5.41) is 7.02. The highest BCUT2D eigenvalue weighted by Crippen LogP contribution is 2.28. The maximum absolute atomic E-state index is 13.9. The van der Waals surface area contributed by atoms with Gasteiger partial charge in [0.2, 0.25) is 5.89 Å². The van der Waals surface area contributed by atoms with Gasteiger partial charge in [0.1, 0.15) is 18.4 Å². The molecule has 0 unspecified atom stereocenters.